The van der Waals surface area contributed by atoms with Gasteiger partial charge in [-0.15, -0.1) is 0 Å². The monoisotopic (exact) mass is 285 g/mol. The number of hydrogen-bond acceptors (Lipinski definition) is 3. The molecular formula is C12H16BrNO2. The Morgan fingerprint density at radius 3 is 3.00 bits per heavy atom. The molecule has 3 nitrogen and oxygen atoms in total. The number of halogens is 1. The minimum Gasteiger partial charge on any atom is -0.496 e. The van der Waals surface area contributed by atoms with E-state index in [9.17, 15) is 0 Å². The number of benzene rings is 1. The van der Waals surface area contributed by atoms with Crippen LogP contribution in [0.15, 0.2) is 22.7 Å². The zero-order valence-corrected chi connectivity index (χ0v) is 10.9. The summed E-state index contributed by atoms with van der Waals surface area (Å²) in [5.74, 6) is 1.27. The number of rotatable bonds is 3. The second kappa shape index (κ2) is 5.17. The van der Waals surface area contributed by atoms with E-state index in [1.807, 2.05) is 12.1 Å². The van der Waals surface area contributed by atoms with E-state index >= 15 is 0 Å². The quantitative estimate of drug-likeness (QED) is 0.928. The van der Waals surface area contributed by atoms with Crippen LogP contribution in [0.2, 0.25) is 0 Å². The van der Waals surface area contributed by atoms with Crippen LogP contribution in [0, 0.1) is 5.92 Å². The summed E-state index contributed by atoms with van der Waals surface area (Å²) >= 11 is 3.48. The van der Waals surface area contributed by atoms with E-state index in [1.54, 1.807) is 7.11 Å². The molecule has 0 bridgehead atoms. The highest BCUT2D eigenvalue weighted by Gasteiger charge is 2.28. The Balaban J connectivity index is 2.23. The van der Waals surface area contributed by atoms with Crippen LogP contribution in [0.1, 0.15) is 18.1 Å². The highest BCUT2D eigenvalue weighted by atomic mass is 79.9. The molecule has 0 aliphatic carbocycles. The summed E-state index contributed by atoms with van der Waals surface area (Å²) in [7, 11) is 1.66. The molecule has 0 spiro atoms. The van der Waals surface area contributed by atoms with Crippen LogP contribution < -0.4 is 10.5 Å². The summed E-state index contributed by atoms with van der Waals surface area (Å²) in [5.41, 5.74) is 6.91. The van der Waals surface area contributed by atoms with E-state index in [1.165, 1.54) is 5.56 Å². The van der Waals surface area contributed by atoms with Crippen LogP contribution in [0.5, 0.6) is 5.75 Å². The van der Waals surface area contributed by atoms with Gasteiger partial charge in [-0.05, 0) is 46.6 Å². The molecule has 16 heavy (non-hydrogen) atoms. The Hall–Kier alpha value is -0.580. The molecule has 1 heterocycles. The molecule has 2 unspecified atom stereocenters. The maximum atomic E-state index is 5.74. The molecule has 1 fully saturated rings. The van der Waals surface area contributed by atoms with Crippen LogP contribution in [0.25, 0.3) is 0 Å². The third-order valence-electron chi connectivity index (χ3n) is 3.02. The van der Waals surface area contributed by atoms with E-state index in [-0.39, 0.29) is 6.10 Å². The summed E-state index contributed by atoms with van der Waals surface area (Å²) in [4.78, 5) is 0. The average Bonchev–Trinajstić information content (AvgIpc) is 2.77. The van der Waals surface area contributed by atoms with Crippen molar-refractivity contribution in [2.45, 2.75) is 12.5 Å². The van der Waals surface area contributed by atoms with Crippen LogP contribution in [0.3, 0.4) is 0 Å². The van der Waals surface area contributed by atoms with Gasteiger partial charge in [-0.25, -0.2) is 0 Å². The molecule has 2 atom stereocenters. The Morgan fingerprint density at radius 2 is 2.38 bits per heavy atom. The van der Waals surface area contributed by atoms with E-state index in [4.69, 9.17) is 15.2 Å². The van der Waals surface area contributed by atoms with E-state index in [2.05, 4.69) is 22.0 Å². The van der Waals surface area contributed by atoms with Crippen molar-refractivity contribution in [2.24, 2.45) is 11.7 Å². The number of methoxy groups -OCH3 is 1. The van der Waals surface area contributed by atoms with Crippen molar-refractivity contribution in [1.29, 1.82) is 0 Å². The standard InChI is InChI=1S/C12H16BrNO2/c1-15-11-3-2-8(6-10(11)13)12-9(7-14)4-5-16-12/h2-3,6,9,12H,4-5,7,14H2,1H3. The first kappa shape index (κ1) is 11.9. The second-order valence-corrected chi connectivity index (χ2v) is 4.82. The second-order valence-electron chi connectivity index (χ2n) is 3.97. The smallest absolute Gasteiger partial charge is 0.133 e. The number of nitrogens with two attached hydrogens (primary N) is 1. The SMILES string of the molecule is COc1ccc(C2OCCC2CN)cc1Br. The van der Waals surface area contributed by atoms with E-state index in [0.29, 0.717) is 12.5 Å². The van der Waals surface area contributed by atoms with Crippen LogP contribution in [-0.4, -0.2) is 20.3 Å². The molecule has 1 aliphatic heterocycles. The third kappa shape index (κ3) is 2.24. The Bertz CT molecular complexity index is 370. The molecule has 0 amide bonds. The van der Waals surface area contributed by atoms with Crippen molar-refractivity contribution in [3.63, 3.8) is 0 Å². The van der Waals surface area contributed by atoms with Gasteiger partial charge in [0.25, 0.3) is 0 Å². The van der Waals surface area contributed by atoms with Gasteiger partial charge in [0.15, 0.2) is 0 Å². The average molecular weight is 286 g/mol. The van der Waals surface area contributed by atoms with Gasteiger partial charge in [-0.1, -0.05) is 6.07 Å². The van der Waals surface area contributed by atoms with Gasteiger partial charge < -0.3 is 15.2 Å². The lowest BCUT2D eigenvalue weighted by molar-refractivity contribution is 0.0924. The van der Waals surface area contributed by atoms with Gasteiger partial charge in [0.2, 0.25) is 0 Å². The molecule has 0 aromatic heterocycles. The van der Waals surface area contributed by atoms with Crippen molar-refractivity contribution in [2.75, 3.05) is 20.3 Å². The molecule has 2 N–H and O–H groups in total. The fraction of sp³-hybridized carbons (Fsp3) is 0.500. The topological polar surface area (TPSA) is 44.5 Å². The van der Waals surface area contributed by atoms with Gasteiger partial charge in [0.1, 0.15) is 5.75 Å². The molecule has 1 saturated heterocycles. The summed E-state index contributed by atoms with van der Waals surface area (Å²) in [6.07, 6.45) is 1.18. The zero-order chi connectivity index (χ0) is 11.5. The number of hydrogen-bond donors (Lipinski definition) is 1. The molecule has 0 saturated carbocycles. The molecule has 4 heteroatoms. The summed E-state index contributed by atoms with van der Waals surface area (Å²) in [6.45, 7) is 1.48. The summed E-state index contributed by atoms with van der Waals surface area (Å²) < 4.78 is 11.9. The van der Waals surface area contributed by atoms with E-state index in [0.717, 1.165) is 23.2 Å². The van der Waals surface area contributed by atoms with Gasteiger partial charge in [0, 0.05) is 12.5 Å². The lowest BCUT2D eigenvalue weighted by Gasteiger charge is -2.18. The first-order chi connectivity index (χ1) is 7.76. The maximum absolute atomic E-state index is 5.74. The third-order valence-corrected chi connectivity index (χ3v) is 3.64. The molecule has 1 aliphatic rings. The highest BCUT2D eigenvalue weighted by Crippen LogP contribution is 2.36. The Morgan fingerprint density at radius 1 is 1.56 bits per heavy atom. The molecule has 0 radical (unpaired) electrons. The minimum atomic E-state index is 0.132. The first-order valence-electron chi connectivity index (χ1n) is 5.41. The van der Waals surface area contributed by atoms with E-state index < -0.39 is 0 Å². The zero-order valence-electron chi connectivity index (χ0n) is 9.28. The van der Waals surface area contributed by atoms with Gasteiger partial charge in [0.05, 0.1) is 17.7 Å². The van der Waals surface area contributed by atoms with Crippen molar-refractivity contribution in [3.05, 3.63) is 28.2 Å². The Labute approximate surface area is 104 Å². The lowest BCUT2D eigenvalue weighted by atomic mass is 9.95. The summed E-state index contributed by atoms with van der Waals surface area (Å²) in [6, 6.07) is 6.05. The van der Waals surface area contributed by atoms with Crippen molar-refractivity contribution < 1.29 is 9.47 Å². The molecule has 2 rings (SSSR count). The summed E-state index contributed by atoms with van der Waals surface area (Å²) in [5, 5.41) is 0. The fourth-order valence-corrected chi connectivity index (χ4v) is 2.66. The van der Waals surface area contributed by atoms with Gasteiger partial charge >= 0.3 is 0 Å². The van der Waals surface area contributed by atoms with Crippen LogP contribution >= 0.6 is 15.9 Å². The van der Waals surface area contributed by atoms with Crippen LogP contribution in [-0.2, 0) is 4.74 Å². The van der Waals surface area contributed by atoms with Crippen molar-refractivity contribution in [3.8, 4) is 5.75 Å². The lowest BCUT2D eigenvalue weighted by Crippen LogP contribution is -2.17. The maximum Gasteiger partial charge on any atom is 0.133 e. The normalized spacial score (nSPS) is 24.7. The largest absolute Gasteiger partial charge is 0.496 e. The van der Waals surface area contributed by atoms with Gasteiger partial charge in [-0.3, -0.25) is 0 Å². The van der Waals surface area contributed by atoms with Crippen LogP contribution in [0.4, 0.5) is 0 Å². The Kier molecular flexibility index (Phi) is 3.84. The van der Waals surface area contributed by atoms with Crippen molar-refractivity contribution >= 4 is 15.9 Å². The molecule has 1 aromatic carbocycles. The predicted molar refractivity (Wildman–Crippen MR) is 66.5 cm³/mol. The van der Waals surface area contributed by atoms with Crippen molar-refractivity contribution in [1.82, 2.24) is 0 Å². The first-order valence-corrected chi connectivity index (χ1v) is 6.20. The van der Waals surface area contributed by atoms with Gasteiger partial charge in [-0.2, -0.15) is 0 Å². The molecule has 1 aromatic rings. The minimum absolute atomic E-state index is 0.132. The molecule has 88 valence electrons. The molecular weight excluding hydrogens is 270 g/mol. The predicted octanol–water partition coefficient (Wildman–Crippen LogP) is 2.49. The fourth-order valence-electron chi connectivity index (χ4n) is 2.10. The number of ether oxygens (including phenoxy) is 2. The highest BCUT2D eigenvalue weighted by molar-refractivity contribution is 9.10.